The van der Waals surface area contributed by atoms with Crippen LogP contribution in [0.4, 0.5) is 5.82 Å². The molecule has 1 aromatic rings. The van der Waals surface area contributed by atoms with E-state index in [-0.39, 0.29) is 24.0 Å². The Bertz CT molecular complexity index is 458. The number of epoxide rings is 1. The Morgan fingerprint density at radius 1 is 1.45 bits per heavy atom. The van der Waals surface area contributed by atoms with Crippen LogP contribution in [0.2, 0.25) is 10.3 Å². The van der Waals surface area contributed by atoms with Gasteiger partial charge in [-0.3, -0.25) is 0 Å². The van der Waals surface area contributed by atoms with Crippen molar-refractivity contribution in [2.24, 2.45) is 0 Å². The summed E-state index contributed by atoms with van der Waals surface area (Å²) in [6.07, 6.45) is 0.257. The second kappa shape index (κ2) is 7.38. The fraction of sp³-hybridized carbons (Fsp3) is 0.667. The van der Waals surface area contributed by atoms with E-state index in [1.54, 1.807) is 7.11 Å². The van der Waals surface area contributed by atoms with Gasteiger partial charge in [0.15, 0.2) is 5.82 Å². The molecule has 2 heterocycles. The molecule has 1 unspecified atom stereocenters. The number of hydrogen-bond acceptors (Lipinski definition) is 6. The van der Waals surface area contributed by atoms with Crippen molar-refractivity contribution in [2.45, 2.75) is 25.7 Å². The van der Waals surface area contributed by atoms with Crippen molar-refractivity contribution >= 4 is 29.0 Å². The van der Waals surface area contributed by atoms with E-state index in [0.29, 0.717) is 29.7 Å². The highest BCUT2D eigenvalue weighted by Gasteiger charge is 2.22. The number of methoxy groups -OCH3 is 1. The van der Waals surface area contributed by atoms with Crippen LogP contribution in [-0.2, 0) is 20.8 Å². The van der Waals surface area contributed by atoms with Crippen LogP contribution in [-0.4, -0.2) is 49.0 Å². The maximum atomic E-state index is 6.21. The number of ether oxygens (including phenoxy) is 3. The van der Waals surface area contributed by atoms with E-state index in [2.05, 4.69) is 15.3 Å². The summed E-state index contributed by atoms with van der Waals surface area (Å²) in [5.41, 5.74) is 0.552. The van der Waals surface area contributed by atoms with E-state index in [0.717, 1.165) is 6.61 Å². The molecule has 1 saturated heterocycles. The molecule has 1 aliphatic heterocycles. The first kappa shape index (κ1) is 15.7. The van der Waals surface area contributed by atoms with E-state index in [1.807, 2.05) is 6.92 Å². The van der Waals surface area contributed by atoms with Crippen molar-refractivity contribution in [1.82, 2.24) is 9.97 Å². The van der Waals surface area contributed by atoms with Gasteiger partial charge in [0.1, 0.15) is 11.1 Å². The molecule has 1 aromatic heterocycles. The zero-order valence-corrected chi connectivity index (χ0v) is 12.9. The third kappa shape index (κ3) is 4.71. The molecule has 2 atom stereocenters. The van der Waals surface area contributed by atoms with Crippen molar-refractivity contribution < 1.29 is 14.2 Å². The number of nitrogens with one attached hydrogen (secondary N) is 1. The standard InChI is InChI=1S/C12H17Cl2N3O3/c1-7(3-19-4-8-5-20-8)15-11-10(13)9(6-18-2)16-12(14)17-11/h7-8H,3-6H2,1-2H3,(H,15,16,17)/t7-,8?/m0/s1. The predicted octanol–water partition coefficient (Wildman–Crippen LogP) is 2.15. The average Bonchev–Trinajstić information content (AvgIpc) is 3.19. The molecule has 1 fully saturated rings. The summed E-state index contributed by atoms with van der Waals surface area (Å²) >= 11 is 12.1. The highest BCUT2D eigenvalue weighted by Crippen LogP contribution is 2.25. The fourth-order valence-electron chi connectivity index (χ4n) is 1.61. The third-order valence-corrected chi connectivity index (χ3v) is 3.20. The maximum Gasteiger partial charge on any atom is 0.224 e. The first-order chi connectivity index (χ1) is 9.60. The molecule has 112 valence electrons. The van der Waals surface area contributed by atoms with Crippen molar-refractivity contribution in [1.29, 1.82) is 0 Å². The molecule has 1 N–H and O–H groups in total. The number of anilines is 1. The summed E-state index contributed by atoms with van der Waals surface area (Å²) in [5, 5.41) is 3.69. The first-order valence-electron chi connectivity index (χ1n) is 6.27. The van der Waals surface area contributed by atoms with Crippen molar-refractivity contribution in [3.63, 3.8) is 0 Å². The van der Waals surface area contributed by atoms with Crippen LogP contribution in [0.15, 0.2) is 0 Å². The predicted molar refractivity (Wildman–Crippen MR) is 76.4 cm³/mol. The molecule has 0 saturated carbocycles. The molecule has 8 heteroatoms. The minimum absolute atomic E-state index is 0.0348. The van der Waals surface area contributed by atoms with E-state index >= 15 is 0 Å². The Hall–Kier alpha value is -0.660. The summed E-state index contributed by atoms with van der Waals surface area (Å²) in [6, 6.07) is 0.0348. The van der Waals surface area contributed by atoms with Gasteiger partial charge in [-0.25, -0.2) is 4.98 Å². The summed E-state index contributed by atoms with van der Waals surface area (Å²) in [4.78, 5) is 8.12. The van der Waals surface area contributed by atoms with Crippen molar-refractivity contribution in [3.8, 4) is 0 Å². The topological polar surface area (TPSA) is 68.8 Å². The van der Waals surface area contributed by atoms with Crippen LogP contribution < -0.4 is 5.32 Å². The molecule has 2 rings (SSSR count). The van der Waals surface area contributed by atoms with Crippen LogP contribution in [0.3, 0.4) is 0 Å². The molecule has 0 radical (unpaired) electrons. The summed E-state index contributed by atoms with van der Waals surface area (Å²) in [5.74, 6) is 0.484. The number of halogens is 2. The molecule has 1 aliphatic rings. The van der Waals surface area contributed by atoms with Gasteiger partial charge >= 0.3 is 0 Å². The molecule has 0 aromatic carbocycles. The lowest BCUT2D eigenvalue weighted by atomic mass is 10.3. The maximum absolute atomic E-state index is 6.21. The lowest BCUT2D eigenvalue weighted by Gasteiger charge is -2.16. The molecule has 0 aliphatic carbocycles. The van der Waals surface area contributed by atoms with Gasteiger partial charge in [-0.05, 0) is 18.5 Å². The van der Waals surface area contributed by atoms with Crippen LogP contribution in [0.1, 0.15) is 12.6 Å². The van der Waals surface area contributed by atoms with Gasteiger partial charge in [-0.15, -0.1) is 0 Å². The molecular formula is C12H17Cl2N3O3. The normalized spacial score (nSPS) is 18.9. The highest BCUT2D eigenvalue weighted by molar-refractivity contribution is 6.34. The number of hydrogen-bond donors (Lipinski definition) is 1. The smallest absolute Gasteiger partial charge is 0.224 e. The number of aromatic nitrogens is 2. The van der Waals surface area contributed by atoms with Gasteiger partial charge in [0.25, 0.3) is 0 Å². The summed E-state index contributed by atoms with van der Waals surface area (Å²) in [7, 11) is 1.57. The van der Waals surface area contributed by atoms with Gasteiger partial charge in [0, 0.05) is 13.2 Å². The zero-order chi connectivity index (χ0) is 14.5. The van der Waals surface area contributed by atoms with E-state index in [4.69, 9.17) is 37.4 Å². The molecule has 0 spiro atoms. The SMILES string of the molecule is COCc1nc(Cl)nc(N[C@@H](C)COCC2CO2)c1Cl. The summed E-state index contributed by atoms with van der Waals surface area (Å²) < 4.78 is 15.6. The molecule has 0 amide bonds. The fourth-order valence-corrected chi connectivity index (χ4v) is 1.99. The molecular weight excluding hydrogens is 305 g/mol. The van der Waals surface area contributed by atoms with Gasteiger partial charge < -0.3 is 19.5 Å². The Morgan fingerprint density at radius 3 is 2.85 bits per heavy atom. The van der Waals surface area contributed by atoms with Crippen LogP contribution in [0.25, 0.3) is 0 Å². The van der Waals surface area contributed by atoms with Crippen LogP contribution in [0.5, 0.6) is 0 Å². The second-order valence-corrected chi connectivity index (χ2v) is 5.29. The van der Waals surface area contributed by atoms with E-state index < -0.39 is 0 Å². The minimum Gasteiger partial charge on any atom is -0.378 e. The van der Waals surface area contributed by atoms with Gasteiger partial charge in [-0.2, -0.15) is 4.98 Å². The monoisotopic (exact) mass is 321 g/mol. The number of rotatable bonds is 8. The second-order valence-electron chi connectivity index (χ2n) is 4.57. The lowest BCUT2D eigenvalue weighted by Crippen LogP contribution is -2.24. The Morgan fingerprint density at radius 2 is 2.20 bits per heavy atom. The number of nitrogens with zero attached hydrogens (tertiary/aromatic N) is 2. The first-order valence-corrected chi connectivity index (χ1v) is 7.02. The largest absolute Gasteiger partial charge is 0.378 e. The molecule has 6 nitrogen and oxygen atoms in total. The third-order valence-electron chi connectivity index (χ3n) is 2.63. The Balaban J connectivity index is 1.92. The molecule has 20 heavy (non-hydrogen) atoms. The van der Waals surface area contributed by atoms with Gasteiger partial charge in [0.05, 0.1) is 32.1 Å². The Labute approximate surface area is 127 Å². The van der Waals surface area contributed by atoms with Crippen molar-refractivity contribution in [3.05, 3.63) is 16.0 Å². The minimum atomic E-state index is 0.0348. The van der Waals surface area contributed by atoms with Gasteiger partial charge in [0.2, 0.25) is 5.28 Å². The quantitative estimate of drug-likeness (QED) is 0.584. The van der Waals surface area contributed by atoms with E-state index in [9.17, 15) is 0 Å². The summed E-state index contributed by atoms with van der Waals surface area (Å²) in [6.45, 7) is 4.17. The van der Waals surface area contributed by atoms with Crippen LogP contribution in [0, 0.1) is 0 Å². The van der Waals surface area contributed by atoms with Crippen LogP contribution >= 0.6 is 23.2 Å². The molecule has 0 bridgehead atoms. The lowest BCUT2D eigenvalue weighted by molar-refractivity contribution is 0.111. The highest BCUT2D eigenvalue weighted by atomic mass is 35.5. The zero-order valence-electron chi connectivity index (χ0n) is 11.4. The van der Waals surface area contributed by atoms with Crippen molar-refractivity contribution in [2.75, 3.05) is 32.2 Å². The van der Waals surface area contributed by atoms with E-state index in [1.165, 1.54) is 0 Å². The Kier molecular flexibility index (Phi) is 5.80. The average molecular weight is 322 g/mol. The van der Waals surface area contributed by atoms with Gasteiger partial charge in [-0.1, -0.05) is 11.6 Å².